The van der Waals surface area contributed by atoms with E-state index < -0.39 is 10.0 Å². The predicted molar refractivity (Wildman–Crippen MR) is 95.4 cm³/mol. The lowest BCUT2D eigenvalue weighted by Gasteiger charge is -2.22. The van der Waals surface area contributed by atoms with Gasteiger partial charge in [-0.15, -0.1) is 0 Å². The first-order valence-corrected chi connectivity index (χ1v) is 9.99. The highest BCUT2D eigenvalue weighted by Crippen LogP contribution is 2.22. The predicted octanol–water partition coefficient (Wildman–Crippen LogP) is 3.19. The van der Waals surface area contributed by atoms with Crippen LogP contribution >= 0.6 is 11.6 Å². The van der Waals surface area contributed by atoms with Crippen LogP contribution in [-0.2, 0) is 14.8 Å². The van der Waals surface area contributed by atoms with E-state index in [0.717, 1.165) is 19.1 Å². The highest BCUT2D eigenvalue weighted by molar-refractivity contribution is 7.92. The van der Waals surface area contributed by atoms with Crippen molar-refractivity contribution in [1.82, 2.24) is 5.32 Å². The van der Waals surface area contributed by atoms with E-state index in [1.165, 1.54) is 4.31 Å². The number of hydrogen-bond acceptors (Lipinski definition) is 3. The summed E-state index contributed by atoms with van der Waals surface area (Å²) in [6.45, 7) is 4.28. The fourth-order valence-electron chi connectivity index (χ4n) is 2.35. The van der Waals surface area contributed by atoms with Gasteiger partial charge in [0.1, 0.15) is 0 Å². The Balaban J connectivity index is 2.62. The van der Waals surface area contributed by atoms with Crippen molar-refractivity contribution in [2.45, 2.75) is 45.6 Å². The first-order valence-electron chi connectivity index (χ1n) is 7.76. The normalized spacial score (nSPS) is 12.7. The molecular weight excluding hydrogens is 336 g/mol. The topological polar surface area (TPSA) is 66.5 Å². The minimum absolute atomic E-state index is 0.0505. The van der Waals surface area contributed by atoms with Crippen LogP contribution in [0.1, 0.15) is 39.5 Å². The summed E-state index contributed by atoms with van der Waals surface area (Å²) in [7, 11) is -3.42. The molecule has 0 aromatic heterocycles. The van der Waals surface area contributed by atoms with E-state index in [-0.39, 0.29) is 18.5 Å². The Labute approximate surface area is 144 Å². The molecule has 0 aliphatic carbocycles. The second-order valence-electron chi connectivity index (χ2n) is 5.68. The molecule has 130 valence electrons. The van der Waals surface area contributed by atoms with Gasteiger partial charge >= 0.3 is 0 Å². The zero-order valence-corrected chi connectivity index (χ0v) is 15.5. The van der Waals surface area contributed by atoms with Gasteiger partial charge < -0.3 is 5.32 Å². The molecule has 0 spiro atoms. The fourth-order valence-corrected chi connectivity index (χ4v) is 3.49. The highest BCUT2D eigenvalue weighted by Gasteiger charge is 2.18. The Kier molecular flexibility index (Phi) is 7.85. The molecule has 23 heavy (non-hydrogen) atoms. The second-order valence-corrected chi connectivity index (χ2v) is 8.02. The molecule has 1 aromatic rings. The van der Waals surface area contributed by atoms with E-state index in [1.54, 1.807) is 24.3 Å². The lowest BCUT2D eigenvalue weighted by molar-refractivity contribution is -0.121. The van der Waals surface area contributed by atoms with Crippen molar-refractivity contribution >= 4 is 33.2 Å². The molecule has 0 aliphatic rings. The van der Waals surface area contributed by atoms with Crippen LogP contribution < -0.4 is 9.62 Å². The van der Waals surface area contributed by atoms with Gasteiger partial charge in [0.05, 0.1) is 11.9 Å². The van der Waals surface area contributed by atoms with Crippen LogP contribution in [0.5, 0.6) is 0 Å². The van der Waals surface area contributed by atoms with Gasteiger partial charge in [0, 0.05) is 24.0 Å². The Morgan fingerprint density at radius 1 is 1.39 bits per heavy atom. The number of benzene rings is 1. The fraction of sp³-hybridized carbons (Fsp3) is 0.562. The summed E-state index contributed by atoms with van der Waals surface area (Å²) in [6, 6.07) is 6.83. The van der Waals surface area contributed by atoms with Gasteiger partial charge in [-0.3, -0.25) is 9.10 Å². The quantitative estimate of drug-likeness (QED) is 0.735. The van der Waals surface area contributed by atoms with Crippen molar-refractivity contribution in [2.75, 3.05) is 17.1 Å². The molecule has 0 saturated carbocycles. The molecule has 0 heterocycles. The smallest absolute Gasteiger partial charge is 0.232 e. The zero-order valence-electron chi connectivity index (χ0n) is 13.9. The molecule has 1 amide bonds. The molecular formula is C16H25ClN2O3S. The Hall–Kier alpha value is -1.27. The first kappa shape index (κ1) is 19.8. The molecule has 1 N–H and O–H groups in total. The zero-order chi connectivity index (χ0) is 17.5. The van der Waals surface area contributed by atoms with E-state index in [4.69, 9.17) is 11.6 Å². The van der Waals surface area contributed by atoms with Gasteiger partial charge in [0.2, 0.25) is 15.9 Å². The molecule has 0 aliphatic heterocycles. The number of carbonyl (C=O) groups excluding carboxylic acids is 1. The van der Waals surface area contributed by atoms with E-state index >= 15 is 0 Å². The number of amides is 1. The SMILES string of the molecule is CCC[C@H](C)NC(=O)CCCN(c1cccc(Cl)c1)S(C)(=O)=O. The summed E-state index contributed by atoms with van der Waals surface area (Å²) in [4.78, 5) is 11.8. The van der Waals surface area contributed by atoms with Crippen molar-refractivity contribution in [2.24, 2.45) is 0 Å². The van der Waals surface area contributed by atoms with Gasteiger partial charge in [-0.2, -0.15) is 0 Å². The van der Waals surface area contributed by atoms with E-state index in [2.05, 4.69) is 12.2 Å². The van der Waals surface area contributed by atoms with Gasteiger partial charge in [0.15, 0.2) is 0 Å². The average molecular weight is 361 g/mol. The van der Waals surface area contributed by atoms with Crippen LogP contribution in [0.4, 0.5) is 5.69 Å². The van der Waals surface area contributed by atoms with Gasteiger partial charge in [-0.05, 0) is 38.0 Å². The number of rotatable bonds is 9. The molecule has 0 unspecified atom stereocenters. The summed E-state index contributed by atoms with van der Waals surface area (Å²) in [5.41, 5.74) is 0.514. The standard InChI is InChI=1S/C16H25ClN2O3S/c1-4-7-13(2)18-16(20)10-6-11-19(23(3,21)22)15-9-5-8-14(17)12-15/h5,8-9,12-13H,4,6-7,10-11H2,1-3H3,(H,18,20)/t13-/m0/s1. The van der Waals surface area contributed by atoms with Gasteiger partial charge in [-0.25, -0.2) is 8.42 Å². The number of anilines is 1. The molecule has 1 atom stereocenters. The van der Waals surface area contributed by atoms with Crippen molar-refractivity contribution in [3.05, 3.63) is 29.3 Å². The molecule has 1 aromatic carbocycles. The van der Waals surface area contributed by atoms with Gasteiger partial charge in [-0.1, -0.05) is 31.0 Å². The summed E-state index contributed by atoms with van der Waals surface area (Å²) in [5.74, 6) is -0.0505. The van der Waals surface area contributed by atoms with Gasteiger partial charge in [0.25, 0.3) is 0 Å². The minimum Gasteiger partial charge on any atom is -0.354 e. The van der Waals surface area contributed by atoms with Crippen molar-refractivity contribution < 1.29 is 13.2 Å². The van der Waals surface area contributed by atoms with Crippen LogP contribution in [-0.4, -0.2) is 33.2 Å². The Bertz CT molecular complexity index is 620. The molecule has 0 bridgehead atoms. The number of carbonyl (C=O) groups is 1. The van der Waals surface area contributed by atoms with E-state index in [0.29, 0.717) is 23.6 Å². The maximum absolute atomic E-state index is 12.0. The van der Waals surface area contributed by atoms with E-state index in [9.17, 15) is 13.2 Å². The third-order valence-electron chi connectivity index (χ3n) is 3.39. The molecule has 0 radical (unpaired) electrons. The molecule has 0 saturated heterocycles. The van der Waals surface area contributed by atoms with Crippen molar-refractivity contribution in [3.8, 4) is 0 Å². The monoisotopic (exact) mass is 360 g/mol. The van der Waals surface area contributed by atoms with Crippen molar-refractivity contribution in [3.63, 3.8) is 0 Å². The Morgan fingerprint density at radius 2 is 2.09 bits per heavy atom. The van der Waals surface area contributed by atoms with E-state index in [1.807, 2.05) is 6.92 Å². The van der Waals surface area contributed by atoms with Crippen LogP contribution in [0.2, 0.25) is 5.02 Å². The van der Waals surface area contributed by atoms with Crippen LogP contribution in [0.3, 0.4) is 0 Å². The number of sulfonamides is 1. The number of nitrogens with one attached hydrogen (secondary N) is 1. The number of hydrogen-bond donors (Lipinski definition) is 1. The molecule has 7 heteroatoms. The summed E-state index contributed by atoms with van der Waals surface area (Å²) in [5, 5.41) is 3.39. The second kappa shape index (κ2) is 9.13. The summed E-state index contributed by atoms with van der Waals surface area (Å²) >= 11 is 5.92. The van der Waals surface area contributed by atoms with Crippen molar-refractivity contribution in [1.29, 1.82) is 0 Å². The van der Waals surface area contributed by atoms with Crippen LogP contribution in [0.25, 0.3) is 0 Å². The molecule has 0 fully saturated rings. The largest absolute Gasteiger partial charge is 0.354 e. The van der Waals surface area contributed by atoms with Crippen LogP contribution in [0, 0.1) is 0 Å². The highest BCUT2D eigenvalue weighted by atomic mass is 35.5. The lowest BCUT2D eigenvalue weighted by atomic mass is 10.2. The Morgan fingerprint density at radius 3 is 2.65 bits per heavy atom. The molecule has 1 rings (SSSR count). The molecule has 5 nitrogen and oxygen atoms in total. The third kappa shape index (κ3) is 7.22. The minimum atomic E-state index is -3.42. The maximum Gasteiger partial charge on any atom is 0.232 e. The number of halogens is 1. The lowest BCUT2D eigenvalue weighted by Crippen LogP contribution is -2.34. The third-order valence-corrected chi connectivity index (χ3v) is 4.82. The van der Waals surface area contributed by atoms with Crippen LogP contribution in [0.15, 0.2) is 24.3 Å². The average Bonchev–Trinajstić information content (AvgIpc) is 2.42. The first-order chi connectivity index (χ1) is 10.7. The summed E-state index contributed by atoms with van der Waals surface area (Å²) in [6.07, 6.45) is 3.84. The number of nitrogens with zero attached hydrogens (tertiary/aromatic N) is 1. The summed E-state index contributed by atoms with van der Waals surface area (Å²) < 4.78 is 25.2. The maximum atomic E-state index is 12.0.